The van der Waals surface area contributed by atoms with E-state index in [9.17, 15) is 10.2 Å². The highest BCUT2D eigenvalue weighted by molar-refractivity contribution is 5.46. The van der Waals surface area contributed by atoms with Gasteiger partial charge in [-0.25, -0.2) is 0 Å². The SMILES string of the molecule is C=C(C)\C=C/C(O)=C\C=C\C=C(/C)O/C(C)=C/C=C(/C=C(\C)O)C(=C)/C=C\C. The van der Waals surface area contributed by atoms with Crippen LogP contribution in [0.15, 0.2) is 120 Å². The minimum absolute atomic E-state index is 0.147. The van der Waals surface area contributed by atoms with Crippen molar-refractivity contribution in [2.45, 2.75) is 34.6 Å². The fourth-order valence-electron chi connectivity index (χ4n) is 1.93. The van der Waals surface area contributed by atoms with Crippen LogP contribution in [0.3, 0.4) is 0 Å². The molecule has 0 rings (SSSR count). The van der Waals surface area contributed by atoms with E-state index in [4.69, 9.17) is 4.74 Å². The lowest BCUT2D eigenvalue weighted by molar-refractivity contribution is 0.309. The number of aliphatic hydroxyl groups is 2. The monoisotopic (exact) mass is 380 g/mol. The first-order valence-corrected chi connectivity index (χ1v) is 8.99. The van der Waals surface area contributed by atoms with Gasteiger partial charge in [-0.05, 0) is 76.1 Å². The van der Waals surface area contributed by atoms with Gasteiger partial charge in [0.15, 0.2) is 0 Å². The van der Waals surface area contributed by atoms with Crippen LogP contribution in [0.2, 0.25) is 0 Å². The minimum atomic E-state index is 0.147. The summed E-state index contributed by atoms with van der Waals surface area (Å²) in [6.45, 7) is 16.8. The van der Waals surface area contributed by atoms with E-state index >= 15 is 0 Å². The Balaban J connectivity index is 5.09. The molecule has 0 saturated carbocycles. The summed E-state index contributed by atoms with van der Waals surface area (Å²) in [5, 5.41) is 19.2. The van der Waals surface area contributed by atoms with Crippen molar-refractivity contribution in [3.05, 3.63) is 120 Å². The zero-order valence-electron chi connectivity index (χ0n) is 17.6. The van der Waals surface area contributed by atoms with Crippen molar-refractivity contribution in [3.63, 3.8) is 0 Å². The summed E-state index contributed by atoms with van der Waals surface area (Å²) in [5.74, 6) is 1.75. The second-order valence-electron chi connectivity index (χ2n) is 6.25. The summed E-state index contributed by atoms with van der Waals surface area (Å²) < 4.78 is 5.72. The van der Waals surface area contributed by atoms with E-state index in [-0.39, 0.29) is 11.5 Å². The molecule has 0 bridgehead atoms. The second kappa shape index (κ2) is 13.9. The number of allylic oxidation sites excluding steroid dienone is 17. The van der Waals surface area contributed by atoms with E-state index in [0.717, 1.165) is 16.7 Å². The Morgan fingerprint density at radius 1 is 0.786 bits per heavy atom. The molecule has 0 atom stereocenters. The van der Waals surface area contributed by atoms with Gasteiger partial charge >= 0.3 is 0 Å². The molecule has 0 aromatic rings. The van der Waals surface area contributed by atoms with Crippen LogP contribution in [0.5, 0.6) is 0 Å². The van der Waals surface area contributed by atoms with E-state index in [1.54, 1.807) is 49.5 Å². The van der Waals surface area contributed by atoms with Gasteiger partial charge in [-0.15, -0.1) is 0 Å². The summed E-state index contributed by atoms with van der Waals surface area (Å²) in [6, 6.07) is 0. The van der Waals surface area contributed by atoms with Gasteiger partial charge in [0, 0.05) is 0 Å². The molecule has 0 aliphatic carbocycles. The second-order valence-corrected chi connectivity index (χ2v) is 6.25. The molecule has 0 saturated heterocycles. The van der Waals surface area contributed by atoms with Gasteiger partial charge in [0.25, 0.3) is 0 Å². The van der Waals surface area contributed by atoms with E-state index in [0.29, 0.717) is 11.5 Å². The molecule has 3 heteroatoms. The van der Waals surface area contributed by atoms with Gasteiger partial charge in [0.05, 0.1) is 5.76 Å². The van der Waals surface area contributed by atoms with Crippen molar-refractivity contribution in [1.29, 1.82) is 0 Å². The highest BCUT2D eigenvalue weighted by Crippen LogP contribution is 2.15. The van der Waals surface area contributed by atoms with Gasteiger partial charge in [-0.1, -0.05) is 55.2 Å². The molecule has 0 heterocycles. The van der Waals surface area contributed by atoms with E-state index in [2.05, 4.69) is 13.2 Å². The summed E-state index contributed by atoms with van der Waals surface area (Å²) >= 11 is 0. The van der Waals surface area contributed by atoms with Crippen LogP contribution in [0.1, 0.15) is 34.6 Å². The number of aliphatic hydroxyl groups excluding tert-OH is 2. The fourth-order valence-corrected chi connectivity index (χ4v) is 1.93. The summed E-state index contributed by atoms with van der Waals surface area (Å²) in [7, 11) is 0. The van der Waals surface area contributed by atoms with Crippen molar-refractivity contribution in [1.82, 2.24) is 0 Å². The highest BCUT2D eigenvalue weighted by Gasteiger charge is 1.97. The van der Waals surface area contributed by atoms with Gasteiger partial charge in [-0.3, -0.25) is 0 Å². The molecule has 0 fully saturated rings. The molecule has 0 amide bonds. The normalized spacial score (nSPS) is 15.1. The maximum atomic E-state index is 9.66. The molecule has 0 aromatic heterocycles. The van der Waals surface area contributed by atoms with Crippen LogP contribution in [0, 0.1) is 0 Å². The minimum Gasteiger partial charge on any atom is -0.513 e. The average Bonchev–Trinajstić information content (AvgIpc) is 2.60. The number of ether oxygens (including phenoxy) is 1. The third-order valence-electron chi connectivity index (χ3n) is 3.17. The number of rotatable bonds is 10. The van der Waals surface area contributed by atoms with E-state index in [1.807, 2.05) is 52.0 Å². The lowest BCUT2D eigenvalue weighted by Gasteiger charge is -2.05. The highest BCUT2D eigenvalue weighted by atomic mass is 16.5. The topological polar surface area (TPSA) is 49.7 Å². The molecule has 2 N–H and O–H groups in total. The lowest BCUT2D eigenvalue weighted by Crippen LogP contribution is -1.87. The lowest BCUT2D eigenvalue weighted by atomic mass is 10.1. The smallest absolute Gasteiger partial charge is 0.115 e. The van der Waals surface area contributed by atoms with Crippen LogP contribution in [0.4, 0.5) is 0 Å². The van der Waals surface area contributed by atoms with Gasteiger partial charge in [-0.2, -0.15) is 0 Å². The first-order valence-electron chi connectivity index (χ1n) is 8.99. The number of hydrogen-bond donors (Lipinski definition) is 2. The molecule has 0 spiro atoms. The summed E-state index contributed by atoms with van der Waals surface area (Å²) in [4.78, 5) is 0. The van der Waals surface area contributed by atoms with Crippen molar-refractivity contribution in [2.24, 2.45) is 0 Å². The van der Waals surface area contributed by atoms with Gasteiger partial charge < -0.3 is 14.9 Å². The first kappa shape index (κ1) is 24.8. The molecule has 0 unspecified atom stereocenters. The maximum absolute atomic E-state index is 9.66. The molecule has 0 radical (unpaired) electrons. The zero-order chi connectivity index (χ0) is 21.5. The molecule has 0 aliphatic rings. The fraction of sp³-hybridized carbons (Fsp3) is 0.200. The van der Waals surface area contributed by atoms with Crippen LogP contribution in [0.25, 0.3) is 0 Å². The standard InChI is InChI=1S/C25H32O3/c1-8-11-20(4)24(18-21(5)26)16-15-23(7)28-22(6)12-9-10-13-25(27)17-14-19(2)3/h8-18,26-27H,2,4H2,1,3,5-7H3/b10-9+,11-8-,17-14-,21-18+,22-12+,23-15+,24-16-,25-13+. The van der Waals surface area contributed by atoms with E-state index < -0.39 is 0 Å². The molecule has 0 aromatic carbocycles. The molecule has 3 nitrogen and oxygen atoms in total. The molecular weight excluding hydrogens is 348 g/mol. The zero-order valence-corrected chi connectivity index (χ0v) is 17.6. The third-order valence-corrected chi connectivity index (χ3v) is 3.17. The van der Waals surface area contributed by atoms with Gasteiger partial charge in [0.1, 0.15) is 17.3 Å². The van der Waals surface area contributed by atoms with Crippen molar-refractivity contribution in [2.75, 3.05) is 0 Å². The Bertz CT molecular complexity index is 788. The van der Waals surface area contributed by atoms with Crippen molar-refractivity contribution in [3.8, 4) is 0 Å². The molecule has 150 valence electrons. The third kappa shape index (κ3) is 13.1. The Morgan fingerprint density at radius 2 is 1.39 bits per heavy atom. The Morgan fingerprint density at radius 3 is 1.96 bits per heavy atom. The maximum Gasteiger partial charge on any atom is 0.115 e. The van der Waals surface area contributed by atoms with Crippen LogP contribution in [-0.2, 0) is 4.74 Å². The summed E-state index contributed by atoms with van der Waals surface area (Å²) in [5.41, 5.74) is 2.46. The van der Waals surface area contributed by atoms with Crippen molar-refractivity contribution >= 4 is 0 Å². The first-order chi connectivity index (χ1) is 13.1. The average molecular weight is 381 g/mol. The predicted octanol–water partition coefficient (Wildman–Crippen LogP) is 7.46. The van der Waals surface area contributed by atoms with Crippen LogP contribution < -0.4 is 0 Å². The Hall–Kier alpha value is -3.20. The van der Waals surface area contributed by atoms with Gasteiger partial charge in [0.2, 0.25) is 0 Å². The summed E-state index contributed by atoms with van der Waals surface area (Å²) in [6.07, 6.45) is 19.3. The Labute approximate surface area is 169 Å². The van der Waals surface area contributed by atoms with E-state index in [1.165, 1.54) is 0 Å². The molecule has 28 heavy (non-hydrogen) atoms. The largest absolute Gasteiger partial charge is 0.513 e. The number of hydrogen-bond acceptors (Lipinski definition) is 3. The molecular formula is C25H32O3. The van der Waals surface area contributed by atoms with Crippen molar-refractivity contribution < 1.29 is 14.9 Å². The van der Waals surface area contributed by atoms with Crippen LogP contribution >= 0.6 is 0 Å². The Kier molecular flexibility index (Phi) is 12.3. The molecule has 0 aliphatic heterocycles. The quantitative estimate of drug-likeness (QED) is 0.305. The van der Waals surface area contributed by atoms with Crippen LogP contribution in [-0.4, -0.2) is 10.2 Å². The predicted molar refractivity (Wildman–Crippen MR) is 121 cm³/mol.